The maximum Gasteiger partial charge on any atom is 0.272 e. The molecule has 1 aliphatic carbocycles. The number of carbonyl (C=O) groups excluding carboxylic acids is 2. The molecule has 0 radical (unpaired) electrons. The molecule has 1 saturated carbocycles. The Hall–Kier alpha value is -3.68. The van der Waals surface area contributed by atoms with Crippen LogP contribution in [0.15, 0.2) is 53.3 Å². The van der Waals surface area contributed by atoms with Crippen molar-refractivity contribution in [3.8, 4) is 5.88 Å². The number of ether oxygens (including phenoxy) is 1. The number of rotatable bonds is 5. The van der Waals surface area contributed by atoms with Crippen molar-refractivity contribution in [1.82, 2.24) is 20.0 Å². The van der Waals surface area contributed by atoms with Crippen LogP contribution in [0.25, 0.3) is 10.8 Å². The third-order valence-corrected chi connectivity index (χ3v) is 7.04. The van der Waals surface area contributed by atoms with Crippen molar-refractivity contribution in [2.45, 2.75) is 38.7 Å². The smallest absolute Gasteiger partial charge is 0.272 e. The maximum absolute atomic E-state index is 13.1. The molecule has 182 valence electrons. The molecule has 2 amide bonds. The van der Waals surface area contributed by atoms with Crippen LogP contribution in [0.3, 0.4) is 0 Å². The van der Waals surface area contributed by atoms with Crippen LogP contribution in [0.4, 0.5) is 0 Å². The Bertz CT molecular complexity index is 1270. The number of aromatic nitrogens is 2. The van der Waals surface area contributed by atoms with Crippen molar-refractivity contribution in [1.29, 1.82) is 0 Å². The van der Waals surface area contributed by atoms with E-state index in [0.717, 1.165) is 31.2 Å². The Kier molecular flexibility index (Phi) is 6.79. The van der Waals surface area contributed by atoms with Gasteiger partial charge in [-0.2, -0.15) is 0 Å². The van der Waals surface area contributed by atoms with E-state index in [1.165, 1.54) is 6.42 Å². The molecule has 0 spiro atoms. The van der Waals surface area contributed by atoms with Crippen LogP contribution < -0.4 is 10.3 Å². The van der Waals surface area contributed by atoms with E-state index in [4.69, 9.17) is 4.74 Å². The molecule has 1 N–H and O–H groups in total. The number of piperazine rings is 1. The van der Waals surface area contributed by atoms with Gasteiger partial charge >= 0.3 is 0 Å². The minimum Gasteiger partial charge on any atom is -0.471 e. The number of nitrogens with zero attached hydrogens (tertiary/aromatic N) is 3. The fourth-order valence-corrected chi connectivity index (χ4v) is 5.07. The first-order chi connectivity index (χ1) is 17.1. The summed E-state index contributed by atoms with van der Waals surface area (Å²) < 4.78 is 5.89. The molecule has 8 heteroatoms. The Morgan fingerprint density at radius 1 is 0.914 bits per heavy atom. The molecule has 5 rings (SSSR count). The number of hydrogen-bond acceptors (Lipinski definition) is 5. The lowest BCUT2D eigenvalue weighted by molar-refractivity contribution is -0.138. The third kappa shape index (κ3) is 5.06. The van der Waals surface area contributed by atoms with Gasteiger partial charge in [-0.15, -0.1) is 5.10 Å². The number of H-pyrrole nitrogens is 1. The van der Waals surface area contributed by atoms with Crippen molar-refractivity contribution >= 4 is 22.6 Å². The minimum atomic E-state index is -0.263. The first-order valence-electron chi connectivity index (χ1n) is 12.4. The first kappa shape index (κ1) is 23.1. The Morgan fingerprint density at radius 3 is 2.40 bits per heavy atom. The highest BCUT2D eigenvalue weighted by atomic mass is 16.5. The van der Waals surface area contributed by atoms with Crippen LogP contribution in [-0.4, -0.2) is 58.0 Å². The molecule has 2 fully saturated rings. The number of amides is 2. The second-order valence-corrected chi connectivity index (χ2v) is 9.34. The first-order valence-corrected chi connectivity index (χ1v) is 12.4. The Balaban J connectivity index is 1.20. The van der Waals surface area contributed by atoms with Gasteiger partial charge < -0.3 is 14.5 Å². The highest BCUT2D eigenvalue weighted by Gasteiger charge is 2.30. The number of benzene rings is 2. The van der Waals surface area contributed by atoms with Crippen LogP contribution >= 0.6 is 0 Å². The van der Waals surface area contributed by atoms with Crippen LogP contribution in [-0.2, 0) is 11.4 Å². The topological polar surface area (TPSA) is 95.6 Å². The van der Waals surface area contributed by atoms with Crippen LogP contribution in [0.1, 0.15) is 48.0 Å². The summed E-state index contributed by atoms with van der Waals surface area (Å²) in [6.45, 7) is 2.49. The van der Waals surface area contributed by atoms with Gasteiger partial charge in [0.25, 0.3) is 11.5 Å². The summed E-state index contributed by atoms with van der Waals surface area (Å²) in [5.41, 5.74) is 1.16. The summed E-state index contributed by atoms with van der Waals surface area (Å²) in [7, 11) is 0. The second-order valence-electron chi connectivity index (χ2n) is 9.34. The van der Waals surface area contributed by atoms with E-state index in [-0.39, 0.29) is 29.9 Å². The SMILES string of the molecule is O=C(c1cccc(COc2n[nH]c(=O)c3ccccc23)c1)N1CCN(C(=O)C2CCCCC2)CC1. The van der Waals surface area contributed by atoms with Crippen molar-refractivity contribution in [3.63, 3.8) is 0 Å². The van der Waals surface area contributed by atoms with Gasteiger partial charge in [0.15, 0.2) is 0 Å². The quantitative estimate of drug-likeness (QED) is 0.612. The predicted molar refractivity (Wildman–Crippen MR) is 132 cm³/mol. The van der Waals surface area contributed by atoms with E-state index in [1.807, 2.05) is 34.1 Å². The molecule has 1 aromatic heterocycles. The molecule has 35 heavy (non-hydrogen) atoms. The van der Waals surface area contributed by atoms with Crippen molar-refractivity contribution in [2.75, 3.05) is 26.2 Å². The van der Waals surface area contributed by atoms with E-state index in [1.54, 1.807) is 24.3 Å². The predicted octanol–water partition coefficient (Wildman–Crippen LogP) is 3.37. The molecule has 8 nitrogen and oxygen atoms in total. The highest BCUT2D eigenvalue weighted by molar-refractivity contribution is 5.94. The molecule has 0 bridgehead atoms. The van der Waals surface area contributed by atoms with E-state index < -0.39 is 0 Å². The Morgan fingerprint density at radius 2 is 1.63 bits per heavy atom. The maximum atomic E-state index is 13.1. The van der Waals surface area contributed by atoms with Gasteiger partial charge in [-0.3, -0.25) is 14.4 Å². The molecule has 0 unspecified atom stereocenters. The average Bonchev–Trinajstić information content (AvgIpc) is 2.93. The van der Waals surface area contributed by atoms with Crippen LogP contribution in [0.5, 0.6) is 5.88 Å². The van der Waals surface area contributed by atoms with E-state index >= 15 is 0 Å². The molecule has 2 heterocycles. The summed E-state index contributed by atoms with van der Waals surface area (Å²) in [5, 5.41) is 7.66. The molecule has 2 aromatic carbocycles. The summed E-state index contributed by atoms with van der Waals surface area (Å²) in [5.74, 6) is 0.732. The lowest BCUT2D eigenvalue weighted by Crippen LogP contribution is -2.52. The summed E-state index contributed by atoms with van der Waals surface area (Å²) >= 11 is 0. The molecular formula is C27H30N4O4. The Labute approximate surface area is 203 Å². The van der Waals surface area contributed by atoms with Gasteiger partial charge in [-0.05, 0) is 42.7 Å². The number of nitrogens with one attached hydrogen (secondary N) is 1. The van der Waals surface area contributed by atoms with E-state index in [9.17, 15) is 14.4 Å². The number of carbonyl (C=O) groups is 2. The van der Waals surface area contributed by atoms with Gasteiger partial charge in [-0.1, -0.05) is 43.5 Å². The molecular weight excluding hydrogens is 444 g/mol. The van der Waals surface area contributed by atoms with Crippen molar-refractivity contribution in [3.05, 3.63) is 70.0 Å². The fourth-order valence-electron chi connectivity index (χ4n) is 5.07. The average molecular weight is 475 g/mol. The molecule has 1 saturated heterocycles. The van der Waals surface area contributed by atoms with Crippen LogP contribution in [0.2, 0.25) is 0 Å². The van der Waals surface area contributed by atoms with Gasteiger partial charge in [-0.25, -0.2) is 5.10 Å². The van der Waals surface area contributed by atoms with Gasteiger partial charge in [0.2, 0.25) is 11.8 Å². The normalized spacial score (nSPS) is 16.9. The summed E-state index contributed by atoms with van der Waals surface area (Å²) in [4.78, 5) is 41.7. The van der Waals surface area contributed by atoms with Gasteiger partial charge in [0.1, 0.15) is 6.61 Å². The highest BCUT2D eigenvalue weighted by Crippen LogP contribution is 2.26. The summed E-state index contributed by atoms with van der Waals surface area (Å²) in [6, 6.07) is 14.5. The lowest BCUT2D eigenvalue weighted by atomic mass is 9.88. The standard InChI is InChI=1S/C27H30N4O4/c32-24-22-11-4-5-12-23(22)25(29-28-24)35-18-19-7-6-10-21(17-19)27(34)31-15-13-30(14-16-31)26(33)20-8-2-1-3-9-20/h4-7,10-12,17,20H,1-3,8-9,13-16,18H2,(H,28,32). The molecule has 0 atom stereocenters. The molecule has 1 aliphatic heterocycles. The fraction of sp³-hybridized carbons (Fsp3) is 0.407. The molecule has 2 aliphatic rings. The lowest BCUT2D eigenvalue weighted by Gasteiger charge is -2.37. The molecule has 3 aromatic rings. The largest absolute Gasteiger partial charge is 0.471 e. The van der Waals surface area contributed by atoms with Crippen LogP contribution in [0, 0.1) is 5.92 Å². The minimum absolute atomic E-state index is 0.0377. The third-order valence-electron chi connectivity index (χ3n) is 7.04. The summed E-state index contributed by atoms with van der Waals surface area (Å²) in [6.07, 6.45) is 5.51. The number of fused-ring (bicyclic) bond motifs is 1. The number of hydrogen-bond donors (Lipinski definition) is 1. The van der Waals surface area contributed by atoms with E-state index in [0.29, 0.717) is 48.4 Å². The van der Waals surface area contributed by atoms with Crippen molar-refractivity contribution < 1.29 is 14.3 Å². The zero-order valence-corrected chi connectivity index (χ0v) is 19.7. The van der Waals surface area contributed by atoms with Gasteiger partial charge in [0, 0.05) is 37.7 Å². The van der Waals surface area contributed by atoms with Crippen molar-refractivity contribution in [2.24, 2.45) is 5.92 Å². The second kappa shape index (κ2) is 10.3. The number of aromatic amines is 1. The van der Waals surface area contributed by atoms with E-state index in [2.05, 4.69) is 10.2 Å². The van der Waals surface area contributed by atoms with Gasteiger partial charge in [0.05, 0.1) is 10.8 Å². The zero-order valence-electron chi connectivity index (χ0n) is 19.7. The zero-order chi connectivity index (χ0) is 24.2. The monoisotopic (exact) mass is 474 g/mol.